The zero-order chi connectivity index (χ0) is 13.8. The van der Waals surface area contributed by atoms with E-state index in [4.69, 9.17) is 11.0 Å². The zero-order valence-electron chi connectivity index (χ0n) is 11.1. The maximum atomic E-state index is 11.3. The highest BCUT2D eigenvalue weighted by Crippen LogP contribution is 2.27. The number of anilines is 1. The summed E-state index contributed by atoms with van der Waals surface area (Å²) in [7, 11) is 0. The number of hydrogen-bond donors (Lipinski definition) is 1. The van der Waals surface area contributed by atoms with Gasteiger partial charge in [0.1, 0.15) is 5.82 Å². The van der Waals surface area contributed by atoms with Crippen molar-refractivity contribution < 1.29 is 4.79 Å². The number of rotatable bonds is 4. The number of nitriles is 1. The Hall–Kier alpha value is -2.09. The van der Waals surface area contributed by atoms with Gasteiger partial charge >= 0.3 is 0 Å². The fourth-order valence-electron chi connectivity index (χ4n) is 2.64. The molecule has 0 saturated heterocycles. The number of carbonyl (C=O) groups is 1. The first kappa shape index (κ1) is 13.3. The fraction of sp³-hybridized carbons (Fsp3) is 0.500. The summed E-state index contributed by atoms with van der Waals surface area (Å²) in [5.41, 5.74) is 6.68. The Kier molecular flexibility index (Phi) is 4.00. The van der Waals surface area contributed by atoms with E-state index in [1.807, 2.05) is 11.8 Å². The topological polar surface area (TPSA) is 83.0 Å². The van der Waals surface area contributed by atoms with Gasteiger partial charge in [0.05, 0.1) is 18.2 Å². The molecule has 0 bridgehead atoms. The predicted octanol–water partition coefficient (Wildman–Crippen LogP) is 1.50. The molecule has 0 atom stereocenters. The molecule has 1 aromatic rings. The van der Waals surface area contributed by atoms with E-state index in [9.17, 15) is 4.79 Å². The third-order valence-electron chi connectivity index (χ3n) is 3.45. The monoisotopic (exact) mass is 258 g/mol. The van der Waals surface area contributed by atoms with Crippen molar-refractivity contribution in [1.82, 2.24) is 4.98 Å². The second-order valence-electron chi connectivity index (χ2n) is 5.00. The van der Waals surface area contributed by atoms with Crippen molar-refractivity contribution in [2.45, 2.75) is 38.6 Å². The van der Waals surface area contributed by atoms with Gasteiger partial charge in [-0.05, 0) is 31.9 Å². The van der Waals surface area contributed by atoms with Crippen LogP contribution in [-0.4, -0.2) is 23.5 Å². The van der Waals surface area contributed by atoms with E-state index >= 15 is 0 Å². The van der Waals surface area contributed by atoms with Crippen LogP contribution in [0, 0.1) is 18.3 Å². The van der Waals surface area contributed by atoms with E-state index in [1.165, 1.54) is 0 Å². The minimum atomic E-state index is -0.367. The number of carbonyl (C=O) groups excluding carboxylic acids is 1. The zero-order valence-corrected chi connectivity index (χ0v) is 11.1. The number of nitrogens with zero attached hydrogens (tertiary/aromatic N) is 3. The number of primary amides is 1. The molecular formula is C14H18N4O. The van der Waals surface area contributed by atoms with Gasteiger partial charge in [-0.3, -0.25) is 4.79 Å². The molecule has 19 heavy (non-hydrogen) atoms. The van der Waals surface area contributed by atoms with Gasteiger partial charge in [-0.25, -0.2) is 4.98 Å². The molecule has 0 aliphatic heterocycles. The SMILES string of the molecule is Cc1cc(C#N)cc(N(CC(N)=O)C2CCCC2)n1. The number of aryl methyl sites for hydroxylation is 1. The normalized spacial score (nSPS) is 15.2. The minimum Gasteiger partial charge on any atom is -0.368 e. The first-order valence-electron chi connectivity index (χ1n) is 6.54. The van der Waals surface area contributed by atoms with E-state index < -0.39 is 0 Å². The Bertz CT molecular complexity index is 515. The number of amides is 1. The molecule has 100 valence electrons. The van der Waals surface area contributed by atoms with Gasteiger partial charge in [-0.1, -0.05) is 12.8 Å². The molecule has 1 aromatic heterocycles. The molecule has 1 heterocycles. The van der Waals surface area contributed by atoms with Crippen molar-refractivity contribution in [3.8, 4) is 6.07 Å². The van der Waals surface area contributed by atoms with E-state index in [0.717, 1.165) is 31.4 Å². The van der Waals surface area contributed by atoms with Gasteiger partial charge < -0.3 is 10.6 Å². The summed E-state index contributed by atoms with van der Waals surface area (Å²) in [6, 6.07) is 5.89. The highest BCUT2D eigenvalue weighted by molar-refractivity contribution is 5.79. The van der Waals surface area contributed by atoms with Crippen LogP contribution in [0.4, 0.5) is 5.82 Å². The standard InChI is InChI=1S/C14H18N4O/c1-10-6-11(8-15)7-14(17-10)18(9-13(16)19)12-4-2-3-5-12/h6-7,12H,2-5,9H2,1H3,(H2,16,19). The molecule has 0 radical (unpaired) electrons. The van der Waals surface area contributed by atoms with Gasteiger partial charge in [0.25, 0.3) is 0 Å². The smallest absolute Gasteiger partial charge is 0.237 e. The van der Waals surface area contributed by atoms with Crippen molar-refractivity contribution in [3.63, 3.8) is 0 Å². The average Bonchev–Trinajstić information content (AvgIpc) is 2.88. The van der Waals surface area contributed by atoms with Crippen molar-refractivity contribution >= 4 is 11.7 Å². The lowest BCUT2D eigenvalue weighted by Crippen LogP contribution is -2.40. The highest BCUT2D eigenvalue weighted by atomic mass is 16.1. The third-order valence-corrected chi connectivity index (χ3v) is 3.45. The molecule has 0 unspecified atom stereocenters. The molecule has 2 N–H and O–H groups in total. The van der Waals surface area contributed by atoms with Gasteiger partial charge in [-0.2, -0.15) is 5.26 Å². The van der Waals surface area contributed by atoms with Crippen molar-refractivity contribution in [3.05, 3.63) is 23.4 Å². The summed E-state index contributed by atoms with van der Waals surface area (Å²) in [6.07, 6.45) is 4.42. The Balaban J connectivity index is 2.34. The first-order chi connectivity index (χ1) is 9.10. The second-order valence-corrected chi connectivity index (χ2v) is 5.00. The summed E-state index contributed by atoms with van der Waals surface area (Å²) >= 11 is 0. The van der Waals surface area contributed by atoms with Crippen LogP contribution in [0.15, 0.2) is 12.1 Å². The minimum absolute atomic E-state index is 0.159. The second kappa shape index (κ2) is 5.70. The maximum absolute atomic E-state index is 11.3. The number of aromatic nitrogens is 1. The largest absolute Gasteiger partial charge is 0.368 e. The number of pyridine rings is 1. The molecule has 1 aliphatic carbocycles. The number of hydrogen-bond acceptors (Lipinski definition) is 4. The Morgan fingerprint density at radius 1 is 1.53 bits per heavy atom. The summed E-state index contributed by atoms with van der Waals surface area (Å²) in [6.45, 7) is 2.01. The molecule has 0 spiro atoms. The summed E-state index contributed by atoms with van der Waals surface area (Å²) in [5, 5.41) is 9.03. The molecule has 2 rings (SSSR count). The molecule has 1 fully saturated rings. The molecule has 1 saturated carbocycles. The Morgan fingerprint density at radius 2 is 2.21 bits per heavy atom. The van der Waals surface area contributed by atoms with Gasteiger partial charge in [0.15, 0.2) is 0 Å². The van der Waals surface area contributed by atoms with Crippen LogP contribution in [0.25, 0.3) is 0 Å². The fourth-order valence-corrected chi connectivity index (χ4v) is 2.64. The number of nitrogens with two attached hydrogens (primary N) is 1. The average molecular weight is 258 g/mol. The lowest BCUT2D eigenvalue weighted by atomic mass is 10.1. The first-order valence-corrected chi connectivity index (χ1v) is 6.54. The lowest BCUT2D eigenvalue weighted by Gasteiger charge is -2.29. The third kappa shape index (κ3) is 3.22. The highest BCUT2D eigenvalue weighted by Gasteiger charge is 2.25. The molecular weight excluding hydrogens is 240 g/mol. The quantitative estimate of drug-likeness (QED) is 0.887. The van der Waals surface area contributed by atoms with Crippen molar-refractivity contribution in [2.24, 2.45) is 5.73 Å². The van der Waals surface area contributed by atoms with Crippen LogP contribution in [-0.2, 0) is 4.79 Å². The van der Waals surface area contributed by atoms with E-state index in [-0.39, 0.29) is 12.5 Å². The summed E-state index contributed by atoms with van der Waals surface area (Å²) in [5.74, 6) is 0.316. The van der Waals surface area contributed by atoms with Crippen LogP contribution in [0.3, 0.4) is 0 Å². The summed E-state index contributed by atoms with van der Waals surface area (Å²) < 4.78 is 0. The predicted molar refractivity (Wildman–Crippen MR) is 72.5 cm³/mol. The van der Waals surface area contributed by atoms with Crippen molar-refractivity contribution in [2.75, 3.05) is 11.4 Å². The molecule has 1 aliphatic rings. The Morgan fingerprint density at radius 3 is 2.79 bits per heavy atom. The van der Waals surface area contributed by atoms with Gasteiger partial charge in [0, 0.05) is 11.7 Å². The van der Waals surface area contributed by atoms with E-state index in [1.54, 1.807) is 12.1 Å². The van der Waals surface area contributed by atoms with E-state index in [2.05, 4.69) is 11.1 Å². The van der Waals surface area contributed by atoms with Crippen LogP contribution in [0.2, 0.25) is 0 Å². The van der Waals surface area contributed by atoms with Crippen LogP contribution in [0.1, 0.15) is 36.9 Å². The van der Waals surface area contributed by atoms with Gasteiger partial charge in [-0.15, -0.1) is 0 Å². The molecule has 1 amide bonds. The Labute approximate surface area is 113 Å². The molecule has 0 aromatic carbocycles. The molecule has 5 heteroatoms. The van der Waals surface area contributed by atoms with E-state index in [0.29, 0.717) is 17.4 Å². The van der Waals surface area contributed by atoms with Gasteiger partial charge in [0.2, 0.25) is 5.91 Å². The van der Waals surface area contributed by atoms with Crippen LogP contribution in [0.5, 0.6) is 0 Å². The van der Waals surface area contributed by atoms with Crippen LogP contribution >= 0.6 is 0 Å². The molecule has 5 nitrogen and oxygen atoms in total. The van der Waals surface area contributed by atoms with Crippen LogP contribution < -0.4 is 10.6 Å². The summed E-state index contributed by atoms with van der Waals surface area (Å²) in [4.78, 5) is 17.7. The van der Waals surface area contributed by atoms with Crippen molar-refractivity contribution in [1.29, 1.82) is 5.26 Å². The maximum Gasteiger partial charge on any atom is 0.237 e. The lowest BCUT2D eigenvalue weighted by molar-refractivity contribution is -0.116.